The third-order valence-corrected chi connectivity index (χ3v) is 6.15. The molecule has 0 aromatic carbocycles. The molecule has 136 valence electrons. The third kappa shape index (κ3) is 6.42. The minimum Gasteiger partial charge on any atom is -0.469 e. The molecule has 0 aromatic heterocycles. The Balaban J connectivity index is 1.66. The smallest absolute Gasteiger partial charge is 0.302 e. The standard InChI is InChI=1S/C20H36BNO2/c1-24-19(23)20(21)13-7-11-18(12-8-14-20)16-22-15-17-9-5-3-2-4-6-10-17/h17-18,22H,2-16H2,1H3. The van der Waals surface area contributed by atoms with E-state index in [-0.39, 0.29) is 5.97 Å². The Kier molecular flexibility index (Phi) is 8.65. The highest BCUT2D eigenvalue weighted by Crippen LogP contribution is 2.39. The molecule has 24 heavy (non-hydrogen) atoms. The molecule has 0 heterocycles. The summed E-state index contributed by atoms with van der Waals surface area (Å²) in [6, 6.07) is 0. The number of hydrogen-bond donors (Lipinski definition) is 1. The van der Waals surface area contributed by atoms with Crippen LogP contribution in [0.4, 0.5) is 0 Å². The molecular weight excluding hydrogens is 297 g/mol. The van der Waals surface area contributed by atoms with Crippen LogP contribution >= 0.6 is 0 Å². The van der Waals surface area contributed by atoms with Crippen LogP contribution in [0, 0.1) is 11.8 Å². The summed E-state index contributed by atoms with van der Waals surface area (Å²) in [4.78, 5) is 11.9. The predicted molar refractivity (Wildman–Crippen MR) is 100 cm³/mol. The minimum atomic E-state index is -0.744. The second-order valence-electron chi connectivity index (χ2n) is 8.17. The Morgan fingerprint density at radius 1 is 0.917 bits per heavy atom. The molecule has 2 aliphatic rings. The number of rotatable bonds is 5. The normalized spacial score (nSPS) is 30.6. The number of ether oxygens (including phenoxy) is 1. The number of nitrogens with one attached hydrogen (secondary N) is 1. The van der Waals surface area contributed by atoms with Crippen molar-refractivity contribution in [2.24, 2.45) is 11.8 Å². The highest BCUT2D eigenvalue weighted by atomic mass is 16.5. The van der Waals surface area contributed by atoms with Gasteiger partial charge in [0.2, 0.25) is 0 Å². The average molecular weight is 333 g/mol. The van der Waals surface area contributed by atoms with E-state index in [1.165, 1.54) is 71.4 Å². The maximum Gasteiger partial charge on any atom is 0.302 e. The zero-order chi connectivity index (χ0) is 17.3. The molecule has 0 aromatic rings. The van der Waals surface area contributed by atoms with Crippen LogP contribution in [0.3, 0.4) is 0 Å². The van der Waals surface area contributed by atoms with Crippen molar-refractivity contribution < 1.29 is 9.53 Å². The Hall–Kier alpha value is -0.505. The van der Waals surface area contributed by atoms with Gasteiger partial charge in [0.1, 0.15) is 0 Å². The van der Waals surface area contributed by atoms with Crippen LogP contribution in [0.5, 0.6) is 0 Å². The molecule has 2 fully saturated rings. The summed E-state index contributed by atoms with van der Waals surface area (Å²) in [7, 11) is 7.71. The molecule has 4 heteroatoms. The van der Waals surface area contributed by atoms with Gasteiger partial charge < -0.3 is 10.1 Å². The minimum absolute atomic E-state index is 0.233. The quantitative estimate of drug-likeness (QED) is 0.598. The van der Waals surface area contributed by atoms with Crippen LogP contribution in [-0.2, 0) is 9.53 Å². The van der Waals surface area contributed by atoms with Gasteiger partial charge in [-0.1, -0.05) is 44.9 Å². The fourth-order valence-corrected chi connectivity index (χ4v) is 4.53. The molecule has 1 N–H and O–H groups in total. The summed E-state index contributed by atoms with van der Waals surface area (Å²) in [5, 5.41) is 3.01. The van der Waals surface area contributed by atoms with Gasteiger partial charge in [-0.2, -0.15) is 0 Å². The molecule has 2 aliphatic carbocycles. The monoisotopic (exact) mass is 333 g/mol. The van der Waals surface area contributed by atoms with Gasteiger partial charge in [-0.05, 0) is 63.5 Å². The number of esters is 1. The number of methoxy groups -OCH3 is 1. The van der Waals surface area contributed by atoms with E-state index in [9.17, 15) is 4.79 Å². The molecule has 0 spiro atoms. The second kappa shape index (κ2) is 10.5. The van der Waals surface area contributed by atoms with E-state index < -0.39 is 5.31 Å². The fraction of sp³-hybridized carbons (Fsp3) is 0.950. The summed E-state index contributed by atoms with van der Waals surface area (Å²) in [6.07, 6.45) is 15.9. The summed E-state index contributed by atoms with van der Waals surface area (Å²) in [5.74, 6) is 1.39. The Labute approximate surface area is 150 Å². The highest BCUT2D eigenvalue weighted by Gasteiger charge is 2.34. The van der Waals surface area contributed by atoms with Gasteiger partial charge in [0.15, 0.2) is 0 Å². The maximum atomic E-state index is 11.9. The highest BCUT2D eigenvalue weighted by molar-refractivity contribution is 6.27. The van der Waals surface area contributed by atoms with E-state index >= 15 is 0 Å². The van der Waals surface area contributed by atoms with Crippen molar-refractivity contribution >= 4 is 13.8 Å². The zero-order valence-corrected chi connectivity index (χ0v) is 15.7. The molecule has 0 atom stereocenters. The lowest BCUT2D eigenvalue weighted by atomic mass is 9.61. The third-order valence-electron chi connectivity index (χ3n) is 6.15. The van der Waals surface area contributed by atoms with Gasteiger partial charge in [0, 0.05) is 5.31 Å². The molecule has 0 unspecified atom stereocenters. The Morgan fingerprint density at radius 2 is 1.38 bits per heavy atom. The summed E-state index contributed by atoms with van der Waals surface area (Å²) >= 11 is 0. The molecule has 2 saturated carbocycles. The summed E-state index contributed by atoms with van der Waals surface area (Å²) in [6.45, 7) is 2.33. The number of carbonyl (C=O) groups is 1. The van der Waals surface area contributed by atoms with Crippen LogP contribution in [0.15, 0.2) is 0 Å². The van der Waals surface area contributed by atoms with Gasteiger partial charge in [0.25, 0.3) is 0 Å². The first-order chi connectivity index (χ1) is 11.6. The van der Waals surface area contributed by atoms with Crippen molar-refractivity contribution in [2.45, 2.75) is 88.8 Å². The zero-order valence-electron chi connectivity index (χ0n) is 15.7. The largest absolute Gasteiger partial charge is 0.469 e. The second-order valence-corrected chi connectivity index (χ2v) is 8.17. The van der Waals surface area contributed by atoms with Crippen LogP contribution in [-0.4, -0.2) is 34.0 Å². The molecule has 3 nitrogen and oxygen atoms in total. The fourth-order valence-electron chi connectivity index (χ4n) is 4.53. The van der Waals surface area contributed by atoms with Crippen molar-refractivity contribution in [1.82, 2.24) is 5.32 Å². The van der Waals surface area contributed by atoms with Crippen molar-refractivity contribution in [2.75, 3.05) is 20.2 Å². The first kappa shape index (κ1) is 19.8. The van der Waals surface area contributed by atoms with E-state index in [0.717, 1.165) is 44.1 Å². The van der Waals surface area contributed by atoms with Gasteiger partial charge in [-0.3, -0.25) is 4.79 Å². The van der Waals surface area contributed by atoms with Crippen LogP contribution < -0.4 is 5.32 Å². The van der Waals surface area contributed by atoms with Crippen LogP contribution in [0.25, 0.3) is 0 Å². The lowest BCUT2D eigenvalue weighted by Crippen LogP contribution is -2.31. The van der Waals surface area contributed by atoms with Crippen molar-refractivity contribution in [3.8, 4) is 0 Å². The molecule has 0 aliphatic heterocycles. The summed E-state index contributed by atoms with van der Waals surface area (Å²) < 4.78 is 4.89. The van der Waals surface area contributed by atoms with E-state index in [0.29, 0.717) is 0 Å². The van der Waals surface area contributed by atoms with Crippen molar-refractivity contribution in [1.29, 1.82) is 0 Å². The van der Waals surface area contributed by atoms with Gasteiger partial charge in [-0.15, -0.1) is 0 Å². The summed E-state index contributed by atoms with van der Waals surface area (Å²) in [5.41, 5.74) is 0. The van der Waals surface area contributed by atoms with Gasteiger partial charge in [0.05, 0.1) is 15.0 Å². The van der Waals surface area contributed by atoms with Crippen LogP contribution in [0.2, 0.25) is 5.31 Å². The van der Waals surface area contributed by atoms with E-state index in [4.69, 9.17) is 12.6 Å². The van der Waals surface area contributed by atoms with Crippen molar-refractivity contribution in [3.63, 3.8) is 0 Å². The first-order valence-corrected chi connectivity index (χ1v) is 10.2. The molecule has 0 amide bonds. The number of hydrogen-bond acceptors (Lipinski definition) is 3. The Morgan fingerprint density at radius 3 is 1.88 bits per heavy atom. The van der Waals surface area contributed by atoms with Gasteiger partial charge in [-0.25, -0.2) is 0 Å². The molecule has 2 radical (unpaired) electrons. The predicted octanol–water partition coefficient (Wildman–Crippen LogP) is 4.41. The molecule has 0 saturated heterocycles. The van der Waals surface area contributed by atoms with Crippen LogP contribution in [0.1, 0.15) is 83.5 Å². The van der Waals surface area contributed by atoms with E-state index in [1.54, 1.807) is 0 Å². The SMILES string of the molecule is [B]C1(C(=O)OC)CCCC(CNCC2CCCCCCC2)CCC1. The Bertz CT molecular complexity index is 357. The molecule has 2 rings (SSSR count). The topological polar surface area (TPSA) is 38.3 Å². The lowest BCUT2D eigenvalue weighted by Gasteiger charge is -2.31. The van der Waals surface area contributed by atoms with E-state index in [2.05, 4.69) is 5.32 Å². The van der Waals surface area contributed by atoms with E-state index in [1.807, 2.05) is 0 Å². The first-order valence-electron chi connectivity index (χ1n) is 10.2. The molecule has 0 bridgehead atoms. The lowest BCUT2D eigenvalue weighted by molar-refractivity contribution is -0.145. The van der Waals surface area contributed by atoms with Gasteiger partial charge >= 0.3 is 5.97 Å². The average Bonchev–Trinajstić information content (AvgIpc) is 2.53. The molecular formula is C20H36BNO2. The van der Waals surface area contributed by atoms with Crippen molar-refractivity contribution in [3.05, 3.63) is 0 Å². The number of carbonyl (C=O) groups excluding carboxylic acids is 1. The maximum absolute atomic E-state index is 11.9.